The highest BCUT2D eigenvalue weighted by Gasteiger charge is 2.25. The third-order valence-corrected chi connectivity index (χ3v) is 6.63. The third kappa shape index (κ3) is 2.23. The van der Waals surface area contributed by atoms with Crippen molar-refractivity contribution < 1.29 is 4.42 Å². The Morgan fingerprint density at radius 3 is 2.82 bits per heavy atom. The first kappa shape index (κ1) is 15.8. The van der Waals surface area contributed by atoms with Gasteiger partial charge in [0.2, 0.25) is 5.82 Å². The molecule has 1 aliphatic rings. The maximum absolute atomic E-state index is 13.4. The summed E-state index contributed by atoms with van der Waals surface area (Å²) in [5.41, 5.74) is 2.88. The van der Waals surface area contributed by atoms with E-state index in [0.717, 1.165) is 35.0 Å². The number of benzene rings is 1. The van der Waals surface area contributed by atoms with Crippen molar-refractivity contribution in [2.24, 2.45) is 0 Å². The van der Waals surface area contributed by atoms with Crippen LogP contribution in [0.15, 0.2) is 57.9 Å². The zero-order chi connectivity index (χ0) is 18.7. The molecule has 0 N–H and O–H groups in total. The molecule has 0 spiro atoms. The summed E-state index contributed by atoms with van der Waals surface area (Å²) >= 11 is 1.73. The van der Waals surface area contributed by atoms with Gasteiger partial charge in [-0.1, -0.05) is 30.3 Å². The molecule has 0 radical (unpaired) electrons. The summed E-state index contributed by atoms with van der Waals surface area (Å²) in [6.07, 6.45) is 4.84. The van der Waals surface area contributed by atoms with Crippen molar-refractivity contribution in [3.63, 3.8) is 0 Å². The van der Waals surface area contributed by atoms with Gasteiger partial charge in [0.05, 0.1) is 18.2 Å². The lowest BCUT2D eigenvalue weighted by atomic mass is 10.2. The van der Waals surface area contributed by atoms with Crippen molar-refractivity contribution >= 4 is 27.2 Å². The lowest BCUT2D eigenvalue weighted by Crippen LogP contribution is -2.28. The molecular formula is C21H16N4O2S. The number of rotatable bonds is 3. The first-order valence-electron chi connectivity index (χ1n) is 9.31. The SMILES string of the molecule is O=c1n(Cc2ccccc2)c2sc3c(c2c2nc(-c4ccco4)nn12)CCC3. The highest BCUT2D eigenvalue weighted by Crippen LogP contribution is 2.38. The molecule has 0 amide bonds. The molecule has 7 heteroatoms. The van der Waals surface area contributed by atoms with E-state index in [4.69, 9.17) is 9.40 Å². The average molecular weight is 388 g/mol. The van der Waals surface area contributed by atoms with Crippen LogP contribution in [-0.4, -0.2) is 19.2 Å². The van der Waals surface area contributed by atoms with Crippen molar-refractivity contribution in [1.82, 2.24) is 19.2 Å². The largest absolute Gasteiger partial charge is 0.461 e. The van der Waals surface area contributed by atoms with Crippen LogP contribution in [0.2, 0.25) is 0 Å². The van der Waals surface area contributed by atoms with Gasteiger partial charge in [-0.25, -0.2) is 9.78 Å². The molecule has 0 fully saturated rings. The van der Waals surface area contributed by atoms with Gasteiger partial charge in [-0.15, -0.1) is 16.4 Å². The molecular weight excluding hydrogens is 372 g/mol. The lowest BCUT2D eigenvalue weighted by molar-refractivity contribution is 0.576. The Morgan fingerprint density at radius 1 is 1.11 bits per heavy atom. The minimum Gasteiger partial charge on any atom is -0.461 e. The van der Waals surface area contributed by atoms with Crippen LogP contribution >= 0.6 is 11.3 Å². The summed E-state index contributed by atoms with van der Waals surface area (Å²) in [5.74, 6) is 1.01. The van der Waals surface area contributed by atoms with Crippen LogP contribution in [0.1, 0.15) is 22.4 Å². The van der Waals surface area contributed by atoms with E-state index < -0.39 is 0 Å². The zero-order valence-corrected chi connectivity index (χ0v) is 15.8. The Balaban J connectivity index is 1.68. The maximum Gasteiger partial charge on any atom is 0.352 e. The smallest absolute Gasteiger partial charge is 0.352 e. The van der Waals surface area contributed by atoms with Gasteiger partial charge in [-0.2, -0.15) is 4.52 Å². The Kier molecular flexibility index (Phi) is 3.34. The van der Waals surface area contributed by atoms with Crippen LogP contribution in [0, 0.1) is 0 Å². The molecule has 138 valence electrons. The van der Waals surface area contributed by atoms with Crippen molar-refractivity contribution in [2.75, 3.05) is 0 Å². The Bertz CT molecular complexity index is 1380. The van der Waals surface area contributed by atoms with Crippen molar-refractivity contribution in [3.05, 3.63) is 75.2 Å². The standard InChI is InChI=1S/C21H16N4O2S/c26-21-24(12-13-6-2-1-3-7-13)20-17(14-8-4-10-16(14)28-20)19-22-18(23-25(19)21)15-9-5-11-27-15/h1-3,5-7,9,11H,4,8,10,12H2. The van der Waals surface area contributed by atoms with E-state index >= 15 is 0 Å². The van der Waals surface area contributed by atoms with Crippen LogP contribution in [0.25, 0.3) is 27.4 Å². The fourth-order valence-electron chi connectivity index (χ4n) is 4.03. The Labute approximate surface area is 163 Å². The summed E-state index contributed by atoms with van der Waals surface area (Å²) in [5, 5.41) is 5.56. The van der Waals surface area contributed by atoms with Gasteiger partial charge in [0.15, 0.2) is 11.4 Å². The topological polar surface area (TPSA) is 65.3 Å². The van der Waals surface area contributed by atoms with Gasteiger partial charge in [-0.05, 0) is 42.5 Å². The number of thiophene rings is 1. The number of hydrogen-bond acceptors (Lipinski definition) is 5. The van der Waals surface area contributed by atoms with E-state index in [9.17, 15) is 4.79 Å². The summed E-state index contributed by atoms with van der Waals surface area (Å²) < 4.78 is 8.73. The van der Waals surface area contributed by atoms with E-state index in [1.54, 1.807) is 23.7 Å². The van der Waals surface area contributed by atoms with Gasteiger partial charge in [0, 0.05) is 4.88 Å². The first-order valence-corrected chi connectivity index (χ1v) is 10.1. The number of fused-ring (bicyclic) bond motifs is 5. The van der Waals surface area contributed by atoms with E-state index in [1.807, 2.05) is 41.0 Å². The molecule has 6 rings (SSSR count). The van der Waals surface area contributed by atoms with Gasteiger partial charge < -0.3 is 4.42 Å². The second-order valence-corrected chi connectivity index (χ2v) is 8.12. The Morgan fingerprint density at radius 2 is 2.00 bits per heavy atom. The predicted molar refractivity (Wildman–Crippen MR) is 108 cm³/mol. The van der Waals surface area contributed by atoms with Crippen molar-refractivity contribution in [3.8, 4) is 11.6 Å². The monoisotopic (exact) mass is 388 g/mol. The van der Waals surface area contributed by atoms with Crippen molar-refractivity contribution in [1.29, 1.82) is 0 Å². The minimum atomic E-state index is -0.170. The molecule has 0 unspecified atom stereocenters. The molecule has 5 aromatic rings. The molecule has 4 aromatic heterocycles. The number of aromatic nitrogens is 4. The van der Waals surface area contributed by atoms with Crippen LogP contribution < -0.4 is 5.69 Å². The first-order chi connectivity index (χ1) is 13.8. The van der Waals surface area contributed by atoms with Gasteiger partial charge in [0.25, 0.3) is 0 Å². The second kappa shape index (κ2) is 5.90. The molecule has 0 aliphatic heterocycles. The number of aryl methyl sites for hydroxylation is 2. The van der Waals surface area contributed by atoms with Crippen molar-refractivity contribution in [2.45, 2.75) is 25.8 Å². The molecule has 0 atom stereocenters. The quantitative estimate of drug-likeness (QED) is 0.470. The molecule has 0 bridgehead atoms. The summed E-state index contributed by atoms with van der Waals surface area (Å²) in [7, 11) is 0. The zero-order valence-electron chi connectivity index (χ0n) is 15.0. The van der Waals surface area contributed by atoms with Crippen LogP contribution in [0.5, 0.6) is 0 Å². The molecule has 6 nitrogen and oxygen atoms in total. The van der Waals surface area contributed by atoms with Crippen LogP contribution in [0.3, 0.4) is 0 Å². The normalized spacial score (nSPS) is 13.6. The molecule has 4 heterocycles. The van der Waals surface area contributed by atoms with Gasteiger partial charge in [-0.3, -0.25) is 4.57 Å². The van der Waals surface area contributed by atoms with E-state index in [2.05, 4.69) is 5.10 Å². The minimum absolute atomic E-state index is 0.170. The van der Waals surface area contributed by atoms with Gasteiger partial charge >= 0.3 is 5.69 Å². The summed E-state index contributed by atoms with van der Waals surface area (Å²) in [6.45, 7) is 0.515. The van der Waals surface area contributed by atoms with Crippen LogP contribution in [-0.2, 0) is 19.4 Å². The lowest BCUT2D eigenvalue weighted by Gasteiger charge is -2.09. The van der Waals surface area contributed by atoms with Gasteiger partial charge in [0.1, 0.15) is 4.83 Å². The fourth-order valence-corrected chi connectivity index (χ4v) is 5.41. The van der Waals surface area contributed by atoms with E-state index in [1.165, 1.54) is 15.0 Å². The molecule has 28 heavy (non-hydrogen) atoms. The molecule has 1 aliphatic carbocycles. The maximum atomic E-state index is 13.4. The Hall–Kier alpha value is -3.19. The fraction of sp³-hybridized carbons (Fsp3) is 0.190. The van der Waals surface area contributed by atoms with E-state index in [0.29, 0.717) is 23.8 Å². The summed E-state index contributed by atoms with van der Waals surface area (Å²) in [4.78, 5) is 20.4. The number of nitrogens with zero attached hydrogens (tertiary/aromatic N) is 4. The molecule has 0 saturated carbocycles. The highest BCUT2D eigenvalue weighted by atomic mass is 32.1. The summed E-state index contributed by atoms with van der Waals surface area (Å²) in [6, 6.07) is 13.7. The predicted octanol–water partition coefficient (Wildman–Crippen LogP) is 3.90. The third-order valence-electron chi connectivity index (χ3n) is 5.32. The van der Waals surface area contributed by atoms with E-state index in [-0.39, 0.29) is 5.69 Å². The number of hydrogen-bond donors (Lipinski definition) is 0. The van der Waals surface area contributed by atoms with Crippen LogP contribution in [0.4, 0.5) is 0 Å². The molecule has 0 saturated heterocycles. The average Bonchev–Trinajstić information content (AvgIpc) is 3.48. The number of furan rings is 1. The molecule has 1 aromatic carbocycles. The second-order valence-electron chi connectivity index (χ2n) is 7.04. The highest BCUT2D eigenvalue weighted by molar-refractivity contribution is 7.19.